The van der Waals surface area contributed by atoms with E-state index < -0.39 is 10.0 Å². The van der Waals surface area contributed by atoms with Crippen molar-refractivity contribution in [1.29, 1.82) is 0 Å². The van der Waals surface area contributed by atoms with Gasteiger partial charge in [-0.2, -0.15) is 4.31 Å². The average molecular weight is 491 g/mol. The minimum Gasteiger partial charge on any atom is -0.378 e. The van der Waals surface area contributed by atoms with Gasteiger partial charge >= 0.3 is 0 Å². The van der Waals surface area contributed by atoms with E-state index in [4.69, 9.17) is 4.74 Å². The van der Waals surface area contributed by atoms with Gasteiger partial charge in [0.05, 0.1) is 24.0 Å². The Morgan fingerprint density at radius 2 is 1.67 bits per heavy atom. The first kappa shape index (κ1) is 24.0. The molecule has 3 heterocycles. The molecule has 0 saturated carbocycles. The van der Waals surface area contributed by atoms with Gasteiger partial charge in [0, 0.05) is 43.8 Å². The Bertz CT molecular complexity index is 1020. The molecular formula is C23H30N4O4S2. The molecule has 1 aromatic carbocycles. The highest BCUT2D eigenvalue weighted by molar-refractivity contribution is 7.99. The van der Waals surface area contributed by atoms with Crippen LogP contribution in [0.3, 0.4) is 0 Å². The summed E-state index contributed by atoms with van der Waals surface area (Å²) >= 11 is 1.28. The number of nitrogens with zero attached hydrogens (tertiary/aromatic N) is 3. The molecule has 0 bridgehead atoms. The highest BCUT2D eigenvalue weighted by Crippen LogP contribution is 2.23. The van der Waals surface area contributed by atoms with E-state index in [0.29, 0.717) is 18.1 Å². The predicted octanol–water partition coefficient (Wildman–Crippen LogP) is 3.21. The molecule has 0 spiro atoms. The van der Waals surface area contributed by atoms with Crippen molar-refractivity contribution in [3.8, 4) is 0 Å². The third-order valence-electron chi connectivity index (χ3n) is 5.79. The summed E-state index contributed by atoms with van der Waals surface area (Å²) in [4.78, 5) is 19.1. The van der Waals surface area contributed by atoms with E-state index in [9.17, 15) is 13.2 Å². The third kappa shape index (κ3) is 6.47. The summed E-state index contributed by atoms with van der Waals surface area (Å²) in [6.07, 6.45) is 5.32. The second-order valence-corrected chi connectivity index (χ2v) is 11.1. The van der Waals surface area contributed by atoms with Crippen molar-refractivity contribution < 1.29 is 17.9 Å². The van der Waals surface area contributed by atoms with E-state index in [1.807, 2.05) is 24.3 Å². The van der Waals surface area contributed by atoms with Gasteiger partial charge in [-0.15, -0.1) is 0 Å². The number of amides is 1. The van der Waals surface area contributed by atoms with Gasteiger partial charge in [0.15, 0.2) is 0 Å². The normalized spacial score (nSPS) is 18.0. The third-order valence-corrected chi connectivity index (χ3v) is 8.62. The van der Waals surface area contributed by atoms with Crippen LogP contribution in [0.4, 0.5) is 11.4 Å². The molecule has 4 rings (SSSR count). The molecule has 2 saturated heterocycles. The molecule has 0 aliphatic carbocycles. The first-order valence-electron chi connectivity index (χ1n) is 11.3. The molecule has 1 aromatic heterocycles. The number of sulfonamides is 1. The summed E-state index contributed by atoms with van der Waals surface area (Å²) in [5.41, 5.74) is 1.86. The fraction of sp³-hybridized carbons (Fsp3) is 0.478. The molecule has 2 fully saturated rings. The summed E-state index contributed by atoms with van der Waals surface area (Å²) in [5.74, 6) is 0.0540. The summed E-state index contributed by atoms with van der Waals surface area (Å²) in [5, 5.41) is 3.51. The van der Waals surface area contributed by atoms with Crippen LogP contribution < -0.4 is 10.2 Å². The number of carbonyl (C=O) groups is 1. The zero-order valence-electron chi connectivity index (χ0n) is 18.6. The van der Waals surface area contributed by atoms with Crippen molar-refractivity contribution in [2.75, 3.05) is 55.4 Å². The van der Waals surface area contributed by atoms with E-state index in [0.717, 1.165) is 63.4 Å². The summed E-state index contributed by atoms with van der Waals surface area (Å²) in [6.45, 7) is 4.32. The maximum absolute atomic E-state index is 12.9. The minimum atomic E-state index is -3.51. The van der Waals surface area contributed by atoms with Crippen LogP contribution in [0.25, 0.3) is 0 Å². The molecule has 33 heavy (non-hydrogen) atoms. The number of benzene rings is 1. The van der Waals surface area contributed by atoms with Gasteiger partial charge in [-0.05, 0) is 49.2 Å². The summed E-state index contributed by atoms with van der Waals surface area (Å²) in [6, 6.07) is 11.0. The van der Waals surface area contributed by atoms with Gasteiger partial charge in [-0.3, -0.25) is 4.79 Å². The Morgan fingerprint density at radius 1 is 0.970 bits per heavy atom. The molecule has 0 unspecified atom stereocenters. The van der Waals surface area contributed by atoms with E-state index in [-0.39, 0.29) is 16.6 Å². The second kappa shape index (κ2) is 11.3. The zero-order chi connectivity index (χ0) is 23.1. The largest absolute Gasteiger partial charge is 0.378 e. The van der Waals surface area contributed by atoms with E-state index in [2.05, 4.69) is 15.2 Å². The maximum Gasteiger partial charge on any atom is 0.244 e. The standard InChI is InChI=1S/C23H30N4O4S2/c28-22(25-19-5-7-20(8-6-19)26-13-15-31-16-14-26)18-32-23-10-9-21(17-24-23)33(29,30)27-11-3-1-2-4-12-27/h5-10,17H,1-4,11-16,18H2,(H,25,28). The average Bonchev–Trinajstić information content (AvgIpc) is 3.14. The molecule has 0 radical (unpaired) electrons. The van der Waals surface area contributed by atoms with Crippen molar-refractivity contribution in [3.63, 3.8) is 0 Å². The van der Waals surface area contributed by atoms with Gasteiger partial charge in [0.2, 0.25) is 15.9 Å². The summed E-state index contributed by atoms with van der Waals surface area (Å²) < 4.78 is 32.6. The Morgan fingerprint density at radius 3 is 2.30 bits per heavy atom. The quantitative estimate of drug-likeness (QED) is 0.596. The Labute approximate surface area is 199 Å². The van der Waals surface area contributed by atoms with Crippen LogP contribution in [-0.4, -0.2) is 68.8 Å². The topological polar surface area (TPSA) is 91.8 Å². The lowest BCUT2D eigenvalue weighted by atomic mass is 10.2. The molecule has 178 valence electrons. The first-order chi connectivity index (χ1) is 16.0. The van der Waals surface area contributed by atoms with Crippen LogP contribution >= 0.6 is 11.8 Å². The highest BCUT2D eigenvalue weighted by Gasteiger charge is 2.25. The van der Waals surface area contributed by atoms with Crippen molar-refractivity contribution in [2.45, 2.75) is 35.6 Å². The SMILES string of the molecule is O=C(CSc1ccc(S(=O)(=O)N2CCCCCC2)cn1)Nc1ccc(N2CCOCC2)cc1. The number of morpholine rings is 1. The van der Waals surface area contributed by atoms with Crippen molar-refractivity contribution in [3.05, 3.63) is 42.6 Å². The summed E-state index contributed by atoms with van der Waals surface area (Å²) in [7, 11) is -3.51. The number of thioether (sulfide) groups is 1. The Hall–Kier alpha value is -2.14. The molecule has 8 nitrogen and oxygen atoms in total. The molecule has 1 amide bonds. The molecule has 2 aromatic rings. The van der Waals surface area contributed by atoms with Crippen molar-refractivity contribution >= 4 is 39.1 Å². The number of carbonyl (C=O) groups excluding carboxylic acids is 1. The van der Waals surface area contributed by atoms with Crippen LogP contribution in [0, 0.1) is 0 Å². The van der Waals surface area contributed by atoms with Crippen LogP contribution in [0.1, 0.15) is 25.7 Å². The lowest BCUT2D eigenvalue weighted by Gasteiger charge is -2.28. The number of rotatable bonds is 7. The number of nitrogens with one attached hydrogen (secondary N) is 1. The maximum atomic E-state index is 12.9. The highest BCUT2D eigenvalue weighted by atomic mass is 32.2. The number of pyridine rings is 1. The van der Waals surface area contributed by atoms with Crippen molar-refractivity contribution in [2.24, 2.45) is 0 Å². The first-order valence-corrected chi connectivity index (χ1v) is 13.8. The van der Waals surface area contributed by atoms with Crippen molar-refractivity contribution in [1.82, 2.24) is 9.29 Å². The second-order valence-electron chi connectivity index (χ2n) is 8.13. The molecule has 0 atom stereocenters. The smallest absolute Gasteiger partial charge is 0.244 e. The Kier molecular flexibility index (Phi) is 8.24. The van der Waals surface area contributed by atoms with Gasteiger partial charge in [-0.25, -0.2) is 13.4 Å². The number of aromatic nitrogens is 1. The van der Waals surface area contributed by atoms with E-state index in [1.54, 1.807) is 16.4 Å². The molecular weight excluding hydrogens is 460 g/mol. The van der Waals surface area contributed by atoms with Crippen LogP contribution in [-0.2, 0) is 19.6 Å². The Balaban J connectivity index is 1.27. The van der Waals surface area contributed by atoms with Gasteiger partial charge in [0.1, 0.15) is 4.90 Å². The minimum absolute atomic E-state index is 0.137. The van der Waals surface area contributed by atoms with Crippen LogP contribution in [0.15, 0.2) is 52.5 Å². The fourth-order valence-electron chi connectivity index (χ4n) is 3.95. The van der Waals surface area contributed by atoms with Gasteiger partial charge in [-0.1, -0.05) is 24.6 Å². The van der Waals surface area contributed by atoms with Gasteiger partial charge < -0.3 is 15.0 Å². The molecule has 1 N–H and O–H groups in total. The zero-order valence-corrected chi connectivity index (χ0v) is 20.2. The predicted molar refractivity (Wildman–Crippen MR) is 130 cm³/mol. The number of ether oxygens (including phenoxy) is 1. The number of hydrogen-bond donors (Lipinski definition) is 1. The molecule has 10 heteroatoms. The van der Waals surface area contributed by atoms with E-state index >= 15 is 0 Å². The lowest BCUT2D eigenvalue weighted by molar-refractivity contribution is -0.113. The van der Waals surface area contributed by atoms with Crippen LogP contribution in [0.2, 0.25) is 0 Å². The lowest BCUT2D eigenvalue weighted by Crippen LogP contribution is -2.36. The molecule has 2 aliphatic rings. The van der Waals surface area contributed by atoms with Gasteiger partial charge in [0.25, 0.3) is 0 Å². The fourth-order valence-corrected chi connectivity index (χ4v) is 6.06. The number of hydrogen-bond acceptors (Lipinski definition) is 7. The van der Waals surface area contributed by atoms with Crippen LogP contribution in [0.5, 0.6) is 0 Å². The monoisotopic (exact) mass is 490 g/mol. The molecule has 2 aliphatic heterocycles. The number of anilines is 2. The van der Waals surface area contributed by atoms with E-state index in [1.165, 1.54) is 18.0 Å².